The van der Waals surface area contributed by atoms with Crippen LogP contribution in [0.3, 0.4) is 0 Å². The predicted octanol–water partition coefficient (Wildman–Crippen LogP) is 3.80. The SMILES string of the molecule is CCCCN1CC(C(=O)Nc2ccc(C(=O)Nc3cc(F)cc(F)c3)cc2)CC1=O. The van der Waals surface area contributed by atoms with E-state index in [4.69, 9.17) is 0 Å². The van der Waals surface area contributed by atoms with Gasteiger partial charge < -0.3 is 15.5 Å². The Morgan fingerprint density at radius 3 is 2.33 bits per heavy atom. The zero-order valence-corrected chi connectivity index (χ0v) is 16.6. The van der Waals surface area contributed by atoms with E-state index in [0.29, 0.717) is 24.8 Å². The van der Waals surface area contributed by atoms with Crippen molar-refractivity contribution >= 4 is 29.1 Å². The molecule has 30 heavy (non-hydrogen) atoms. The van der Waals surface area contributed by atoms with Crippen LogP contribution in [0.1, 0.15) is 36.5 Å². The Hall–Kier alpha value is -3.29. The number of likely N-dealkylation sites (tertiary alicyclic amines) is 1. The van der Waals surface area contributed by atoms with Crippen LogP contribution in [0.5, 0.6) is 0 Å². The Balaban J connectivity index is 1.57. The van der Waals surface area contributed by atoms with E-state index in [-0.39, 0.29) is 29.5 Å². The summed E-state index contributed by atoms with van der Waals surface area (Å²) in [5.74, 6) is -2.77. The molecule has 158 valence electrons. The maximum Gasteiger partial charge on any atom is 0.255 e. The monoisotopic (exact) mass is 415 g/mol. The Morgan fingerprint density at radius 2 is 1.70 bits per heavy atom. The van der Waals surface area contributed by atoms with Gasteiger partial charge >= 0.3 is 0 Å². The van der Waals surface area contributed by atoms with Crippen molar-refractivity contribution in [3.8, 4) is 0 Å². The number of halogens is 2. The number of carbonyl (C=O) groups excluding carboxylic acids is 3. The molecule has 1 heterocycles. The lowest BCUT2D eigenvalue weighted by Crippen LogP contribution is -2.29. The highest BCUT2D eigenvalue weighted by Gasteiger charge is 2.33. The fourth-order valence-corrected chi connectivity index (χ4v) is 3.29. The van der Waals surface area contributed by atoms with Gasteiger partial charge in [0.2, 0.25) is 11.8 Å². The zero-order chi connectivity index (χ0) is 21.7. The molecule has 8 heteroatoms. The first-order valence-corrected chi connectivity index (χ1v) is 9.82. The number of unbranched alkanes of at least 4 members (excludes halogenated alkanes) is 1. The number of anilines is 2. The molecule has 1 aliphatic rings. The lowest BCUT2D eigenvalue weighted by atomic mass is 10.1. The van der Waals surface area contributed by atoms with Crippen molar-refractivity contribution in [2.45, 2.75) is 26.2 Å². The summed E-state index contributed by atoms with van der Waals surface area (Å²) in [6.45, 7) is 3.12. The van der Waals surface area contributed by atoms with Gasteiger partial charge in [-0.2, -0.15) is 0 Å². The second kappa shape index (κ2) is 9.47. The van der Waals surface area contributed by atoms with Crippen LogP contribution >= 0.6 is 0 Å². The van der Waals surface area contributed by atoms with Gasteiger partial charge in [0.1, 0.15) is 11.6 Å². The van der Waals surface area contributed by atoms with Gasteiger partial charge in [0.05, 0.1) is 5.92 Å². The smallest absolute Gasteiger partial charge is 0.255 e. The molecule has 0 spiro atoms. The van der Waals surface area contributed by atoms with Crippen molar-refractivity contribution in [2.24, 2.45) is 5.92 Å². The molecule has 2 N–H and O–H groups in total. The predicted molar refractivity (Wildman–Crippen MR) is 109 cm³/mol. The lowest BCUT2D eigenvalue weighted by molar-refractivity contribution is -0.128. The average molecular weight is 415 g/mol. The van der Waals surface area contributed by atoms with Gasteiger partial charge in [0.25, 0.3) is 5.91 Å². The number of hydrogen-bond donors (Lipinski definition) is 2. The van der Waals surface area contributed by atoms with Crippen molar-refractivity contribution in [3.63, 3.8) is 0 Å². The largest absolute Gasteiger partial charge is 0.342 e. The molecule has 0 radical (unpaired) electrons. The first kappa shape index (κ1) is 21.4. The number of amides is 3. The molecule has 1 fully saturated rings. The molecule has 1 unspecified atom stereocenters. The van der Waals surface area contributed by atoms with Gasteiger partial charge in [0.15, 0.2) is 0 Å². The summed E-state index contributed by atoms with van der Waals surface area (Å²) in [6, 6.07) is 8.86. The molecule has 3 rings (SSSR count). The van der Waals surface area contributed by atoms with E-state index >= 15 is 0 Å². The number of carbonyl (C=O) groups is 3. The third kappa shape index (κ3) is 5.40. The minimum absolute atomic E-state index is 0.00778. The van der Waals surface area contributed by atoms with Crippen molar-refractivity contribution in [3.05, 3.63) is 59.7 Å². The average Bonchev–Trinajstić information content (AvgIpc) is 3.07. The van der Waals surface area contributed by atoms with Crippen LogP contribution in [0.15, 0.2) is 42.5 Å². The molecule has 2 aromatic rings. The summed E-state index contributed by atoms with van der Waals surface area (Å²) in [5, 5.41) is 5.19. The molecule has 1 aliphatic heterocycles. The maximum atomic E-state index is 13.2. The number of benzene rings is 2. The molecule has 6 nitrogen and oxygen atoms in total. The maximum absolute atomic E-state index is 13.2. The highest BCUT2D eigenvalue weighted by molar-refractivity contribution is 6.04. The summed E-state index contributed by atoms with van der Waals surface area (Å²) in [4.78, 5) is 38.4. The molecule has 0 aromatic heterocycles. The third-order valence-electron chi connectivity index (χ3n) is 4.90. The van der Waals surface area contributed by atoms with Crippen LogP contribution in [0, 0.1) is 17.6 Å². The van der Waals surface area contributed by atoms with E-state index in [1.165, 1.54) is 12.1 Å². The summed E-state index contributed by atoms with van der Waals surface area (Å²) in [5.41, 5.74) is 0.765. The minimum Gasteiger partial charge on any atom is -0.342 e. The Kier molecular flexibility index (Phi) is 6.76. The summed E-state index contributed by atoms with van der Waals surface area (Å²) >= 11 is 0. The summed E-state index contributed by atoms with van der Waals surface area (Å²) in [6.07, 6.45) is 2.08. The Bertz CT molecular complexity index is 927. The first-order valence-electron chi connectivity index (χ1n) is 9.82. The second-order valence-electron chi connectivity index (χ2n) is 7.27. The van der Waals surface area contributed by atoms with Crippen molar-refractivity contribution in [2.75, 3.05) is 23.7 Å². The minimum atomic E-state index is -0.790. The molecular formula is C22H23F2N3O3. The molecule has 0 saturated carbocycles. The number of hydrogen-bond acceptors (Lipinski definition) is 3. The van der Waals surface area contributed by atoms with Gasteiger partial charge in [0, 0.05) is 42.5 Å². The van der Waals surface area contributed by atoms with Crippen LogP contribution in [-0.2, 0) is 9.59 Å². The number of rotatable bonds is 7. The molecule has 2 aromatic carbocycles. The molecule has 1 atom stereocenters. The fourth-order valence-electron chi connectivity index (χ4n) is 3.29. The summed E-state index contributed by atoms with van der Waals surface area (Å²) < 4.78 is 26.5. The van der Waals surface area contributed by atoms with Crippen molar-refractivity contribution in [1.82, 2.24) is 4.90 Å². The standard InChI is InChI=1S/C22H23F2N3O3/c1-2-3-8-27-13-15(9-20(27)28)22(30)25-18-6-4-14(5-7-18)21(29)26-19-11-16(23)10-17(24)12-19/h4-7,10-12,15H,2-3,8-9,13H2,1H3,(H,25,30)(H,26,29). The van der Waals surface area contributed by atoms with E-state index < -0.39 is 23.5 Å². The quantitative estimate of drug-likeness (QED) is 0.722. The Labute approximate surface area is 173 Å². The van der Waals surface area contributed by atoms with E-state index in [1.54, 1.807) is 17.0 Å². The second-order valence-corrected chi connectivity index (χ2v) is 7.27. The zero-order valence-electron chi connectivity index (χ0n) is 16.6. The van der Waals surface area contributed by atoms with Crippen LogP contribution in [0.2, 0.25) is 0 Å². The summed E-state index contributed by atoms with van der Waals surface area (Å²) in [7, 11) is 0. The van der Waals surface area contributed by atoms with E-state index in [2.05, 4.69) is 10.6 Å². The number of nitrogens with one attached hydrogen (secondary N) is 2. The van der Waals surface area contributed by atoms with Gasteiger partial charge in [-0.05, 0) is 42.8 Å². The highest BCUT2D eigenvalue weighted by atomic mass is 19.1. The first-order chi connectivity index (χ1) is 14.4. The van der Waals surface area contributed by atoms with Gasteiger partial charge in [-0.1, -0.05) is 13.3 Å². The molecule has 3 amide bonds. The third-order valence-corrected chi connectivity index (χ3v) is 4.90. The van der Waals surface area contributed by atoms with E-state index in [1.807, 2.05) is 6.92 Å². The van der Waals surface area contributed by atoms with Crippen LogP contribution in [0.25, 0.3) is 0 Å². The fraction of sp³-hybridized carbons (Fsp3) is 0.318. The van der Waals surface area contributed by atoms with Crippen LogP contribution in [-0.4, -0.2) is 35.7 Å². The molecule has 0 bridgehead atoms. The van der Waals surface area contributed by atoms with Crippen LogP contribution in [0.4, 0.5) is 20.2 Å². The van der Waals surface area contributed by atoms with Crippen LogP contribution < -0.4 is 10.6 Å². The van der Waals surface area contributed by atoms with Crippen molar-refractivity contribution in [1.29, 1.82) is 0 Å². The highest BCUT2D eigenvalue weighted by Crippen LogP contribution is 2.21. The topological polar surface area (TPSA) is 78.5 Å². The molecular weight excluding hydrogens is 392 g/mol. The van der Waals surface area contributed by atoms with Gasteiger partial charge in [-0.15, -0.1) is 0 Å². The number of nitrogens with zero attached hydrogens (tertiary/aromatic N) is 1. The molecule has 1 saturated heterocycles. The van der Waals surface area contributed by atoms with Gasteiger partial charge in [-0.25, -0.2) is 8.78 Å². The van der Waals surface area contributed by atoms with Gasteiger partial charge in [-0.3, -0.25) is 14.4 Å². The lowest BCUT2D eigenvalue weighted by Gasteiger charge is -2.16. The van der Waals surface area contributed by atoms with E-state index in [9.17, 15) is 23.2 Å². The Morgan fingerprint density at radius 1 is 1.03 bits per heavy atom. The normalized spacial score (nSPS) is 15.9. The van der Waals surface area contributed by atoms with Crippen molar-refractivity contribution < 1.29 is 23.2 Å². The molecule has 0 aliphatic carbocycles. The van der Waals surface area contributed by atoms with E-state index in [0.717, 1.165) is 25.0 Å².